The molecule has 4 amide bonds. The Bertz CT molecular complexity index is 857. The van der Waals surface area contributed by atoms with E-state index in [1.54, 1.807) is 9.91 Å². The summed E-state index contributed by atoms with van der Waals surface area (Å²) in [4.78, 5) is 43.9. The summed E-state index contributed by atoms with van der Waals surface area (Å²) in [5.41, 5.74) is 1.02. The second-order valence-corrected chi connectivity index (χ2v) is 9.80. The lowest BCUT2D eigenvalue weighted by Gasteiger charge is -2.55. The van der Waals surface area contributed by atoms with E-state index < -0.39 is 12.2 Å². The van der Waals surface area contributed by atoms with Crippen molar-refractivity contribution in [3.05, 3.63) is 35.9 Å². The zero-order chi connectivity index (χ0) is 24.1. The van der Waals surface area contributed by atoms with Gasteiger partial charge in [0.05, 0.1) is 13.1 Å². The average molecular weight is 470 g/mol. The molecule has 0 aromatic heterocycles. The largest absolute Gasteiger partial charge is 0.337 e. The Hall–Kier alpha value is -2.61. The predicted molar refractivity (Wildman–Crippen MR) is 130 cm³/mol. The summed E-state index contributed by atoms with van der Waals surface area (Å²) in [7, 11) is 0. The van der Waals surface area contributed by atoms with E-state index in [9.17, 15) is 14.4 Å². The molecule has 1 N–H and O–H groups in total. The topological polar surface area (TPSA) is 76.2 Å². The zero-order valence-corrected chi connectivity index (χ0v) is 20.6. The smallest absolute Gasteiger partial charge is 0.334 e. The molecule has 1 aliphatic carbocycles. The van der Waals surface area contributed by atoms with Crippen LogP contribution in [0.25, 0.3) is 0 Å². The Morgan fingerprint density at radius 1 is 1.06 bits per heavy atom. The highest BCUT2D eigenvalue weighted by Gasteiger charge is 2.50. The molecule has 0 bridgehead atoms. The molecule has 8 heteroatoms. The quantitative estimate of drug-likeness (QED) is 0.665. The van der Waals surface area contributed by atoms with Crippen molar-refractivity contribution in [1.82, 2.24) is 25.1 Å². The molecule has 186 valence electrons. The second-order valence-electron chi connectivity index (χ2n) is 9.80. The number of hydrogen-bond donors (Lipinski definition) is 1. The number of fused-ring (bicyclic) bond motifs is 1. The number of rotatable bonds is 7. The summed E-state index contributed by atoms with van der Waals surface area (Å²) in [5, 5.41) is 6.56. The molecule has 3 fully saturated rings. The standard InChI is InChI=1S/C26H39N5O3/c1-3-11-22-25(33)28(17-21-14-9-6-10-15-21)18-23-30(22)24(32)19-29(4-2)31(23)26(34)27-16-20-12-7-5-8-13-20/h5,7-8,12-13,21-23H,3-4,6,9-11,14-19H2,1-2H3,(H,27,34)/t22-,23-/m0/s1. The van der Waals surface area contributed by atoms with Gasteiger partial charge in [0.1, 0.15) is 12.2 Å². The summed E-state index contributed by atoms with van der Waals surface area (Å²) >= 11 is 0. The second kappa shape index (κ2) is 11.2. The molecular formula is C26H39N5O3. The van der Waals surface area contributed by atoms with Crippen LogP contribution in [0.3, 0.4) is 0 Å². The zero-order valence-electron chi connectivity index (χ0n) is 20.6. The van der Waals surface area contributed by atoms with Crippen LogP contribution in [0.4, 0.5) is 4.79 Å². The van der Waals surface area contributed by atoms with Crippen molar-refractivity contribution in [1.29, 1.82) is 0 Å². The third kappa shape index (κ3) is 5.22. The number of carbonyl (C=O) groups excluding carboxylic acids is 3. The fourth-order valence-corrected chi connectivity index (χ4v) is 5.71. The van der Waals surface area contributed by atoms with Gasteiger partial charge in [0.2, 0.25) is 11.8 Å². The van der Waals surface area contributed by atoms with Crippen LogP contribution in [0.15, 0.2) is 30.3 Å². The molecule has 1 saturated carbocycles. The molecule has 34 heavy (non-hydrogen) atoms. The van der Waals surface area contributed by atoms with Gasteiger partial charge in [-0.2, -0.15) is 0 Å². The van der Waals surface area contributed by atoms with E-state index >= 15 is 0 Å². The maximum Gasteiger partial charge on any atom is 0.334 e. The summed E-state index contributed by atoms with van der Waals surface area (Å²) in [6.45, 7) is 6.17. The Kier molecular flexibility index (Phi) is 8.08. The molecule has 2 heterocycles. The fourth-order valence-electron chi connectivity index (χ4n) is 5.71. The first kappa shape index (κ1) is 24.5. The van der Waals surface area contributed by atoms with Gasteiger partial charge in [0.25, 0.3) is 0 Å². The molecule has 2 atom stereocenters. The highest BCUT2D eigenvalue weighted by molar-refractivity contribution is 5.91. The minimum Gasteiger partial charge on any atom is -0.337 e. The van der Waals surface area contributed by atoms with E-state index in [2.05, 4.69) is 5.32 Å². The van der Waals surface area contributed by atoms with Crippen LogP contribution >= 0.6 is 0 Å². The van der Waals surface area contributed by atoms with Crippen LogP contribution < -0.4 is 5.32 Å². The van der Waals surface area contributed by atoms with Crippen molar-refractivity contribution >= 4 is 17.8 Å². The lowest BCUT2D eigenvalue weighted by Crippen LogP contribution is -2.76. The Labute approximate surface area is 203 Å². The number of nitrogens with zero attached hydrogens (tertiary/aromatic N) is 4. The van der Waals surface area contributed by atoms with Crippen molar-refractivity contribution in [3.63, 3.8) is 0 Å². The SMILES string of the molecule is CCC[C@H]1C(=O)N(CC2CCCCC2)C[C@H]2N1C(=O)CN(CC)N2C(=O)NCc1ccccc1. The number of amides is 4. The molecule has 2 aliphatic heterocycles. The van der Waals surface area contributed by atoms with Crippen LogP contribution in [-0.2, 0) is 16.1 Å². The van der Waals surface area contributed by atoms with Crippen LogP contribution in [0.5, 0.6) is 0 Å². The first-order chi connectivity index (χ1) is 16.5. The van der Waals surface area contributed by atoms with Crippen molar-refractivity contribution < 1.29 is 14.4 Å². The normalized spacial score (nSPS) is 24.4. The van der Waals surface area contributed by atoms with E-state index in [0.29, 0.717) is 32.0 Å². The third-order valence-electron chi connectivity index (χ3n) is 7.46. The van der Waals surface area contributed by atoms with Crippen molar-refractivity contribution in [2.24, 2.45) is 5.92 Å². The highest BCUT2D eigenvalue weighted by Crippen LogP contribution is 2.31. The maximum absolute atomic E-state index is 13.5. The molecule has 1 aromatic rings. The molecule has 0 spiro atoms. The maximum atomic E-state index is 13.5. The lowest BCUT2D eigenvalue weighted by molar-refractivity contribution is -0.191. The van der Waals surface area contributed by atoms with Gasteiger partial charge in [-0.05, 0) is 30.7 Å². The molecule has 1 aromatic carbocycles. The summed E-state index contributed by atoms with van der Waals surface area (Å²) in [6, 6.07) is 9.09. The summed E-state index contributed by atoms with van der Waals surface area (Å²) in [5.74, 6) is 0.489. The van der Waals surface area contributed by atoms with Gasteiger partial charge < -0.3 is 15.1 Å². The fraction of sp³-hybridized carbons (Fsp3) is 0.654. The van der Waals surface area contributed by atoms with Gasteiger partial charge in [0.15, 0.2) is 0 Å². The minimum absolute atomic E-state index is 0.0478. The van der Waals surface area contributed by atoms with Gasteiger partial charge in [-0.1, -0.05) is 69.9 Å². The number of hydrogen-bond acceptors (Lipinski definition) is 4. The Morgan fingerprint density at radius 2 is 1.79 bits per heavy atom. The minimum atomic E-state index is -0.497. The van der Waals surface area contributed by atoms with E-state index in [0.717, 1.165) is 31.4 Å². The number of carbonyl (C=O) groups is 3. The van der Waals surface area contributed by atoms with E-state index in [1.807, 2.05) is 54.1 Å². The molecule has 4 rings (SSSR count). The summed E-state index contributed by atoms with van der Waals surface area (Å²) < 4.78 is 0. The van der Waals surface area contributed by atoms with Gasteiger partial charge in [-0.25, -0.2) is 14.8 Å². The first-order valence-corrected chi connectivity index (χ1v) is 13.0. The molecule has 2 saturated heterocycles. The van der Waals surface area contributed by atoms with Crippen LogP contribution in [0, 0.1) is 5.92 Å². The van der Waals surface area contributed by atoms with Gasteiger partial charge in [0, 0.05) is 19.6 Å². The van der Waals surface area contributed by atoms with E-state index in [-0.39, 0.29) is 24.4 Å². The predicted octanol–water partition coefficient (Wildman–Crippen LogP) is 3.19. The van der Waals surface area contributed by atoms with Crippen molar-refractivity contribution in [3.8, 4) is 0 Å². The lowest BCUT2D eigenvalue weighted by atomic mass is 9.88. The number of nitrogens with one attached hydrogen (secondary N) is 1. The van der Waals surface area contributed by atoms with Crippen molar-refractivity contribution in [2.45, 2.75) is 77.5 Å². The number of piperazine rings is 1. The van der Waals surface area contributed by atoms with E-state index in [1.165, 1.54) is 19.3 Å². The number of likely N-dealkylation sites (N-methyl/N-ethyl adjacent to an activating group) is 1. The van der Waals surface area contributed by atoms with E-state index in [4.69, 9.17) is 0 Å². The van der Waals surface area contributed by atoms with Crippen LogP contribution in [0.1, 0.15) is 64.4 Å². The van der Waals surface area contributed by atoms with Gasteiger partial charge in [-0.3, -0.25) is 9.59 Å². The number of benzene rings is 1. The Morgan fingerprint density at radius 3 is 2.47 bits per heavy atom. The first-order valence-electron chi connectivity index (χ1n) is 13.0. The molecule has 0 unspecified atom stereocenters. The molecule has 8 nitrogen and oxygen atoms in total. The highest BCUT2D eigenvalue weighted by atomic mass is 16.2. The Balaban J connectivity index is 1.57. The van der Waals surface area contributed by atoms with Crippen LogP contribution in [0.2, 0.25) is 0 Å². The van der Waals surface area contributed by atoms with Gasteiger partial charge in [-0.15, -0.1) is 0 Å². The van der Waals surface area contributed by atoms with Crippen LogP contribution in [-0.4, -0.2) is 76.0 Å². The van der Waals surface area contributed by atoms with Gasteiger partial charge >= 0.3 is 6.03 Å². The third-order valence-corrected chi connectivity index (χ3v) is 7.46. The molecule has 0 radical (unpaired) electrons. The number of urea groups is 1. The molecule has 3 aliphatic rings. The molecular weight excluding hydrogens is 430 g/mol. The summed E-state index contributed by atoms with van der Waals surface area (Å²) in [6.07, 6.45) is 6.96. The average Bonchev–Trinajstić information content (AvgIpc) is 2.86. The number of hydrazine groups is 1. The van der Waals surface area contributed by atoms with Crippen molar-refractivity contribution in [2.75, 3.05) is 26.2 Å². The monoisotopic (exact) mass is 469 g/mol.